The van der Waals surface area contributed by atoms with Crippen molar-refractivity contribution in [1.29, 1.82) is 0 Å². The fourth-order valence-electron chi connectivity index (χ4n) is 2.76. The van der Waals surface area contributed by atoms with E-state index in [9.17, 15) is 9.59 Å². The molecule has 5 heteroatoms. The SMILES string of the molecule is O=C(C1CC(=O)N(C2CC2)C1)N1CC(CO)C1. The Morgan fingerprint density at radius 3 is 2.59 bits per heavy atom. The molecule has 0 aromatic heterocycles. The van der Waals surface area contributed by atoms with Crippen LogP contribution in [0.1, 0.15) is 19.3 Å². The lowest BCUT2D eigenvalue weighted by atomic mass is 9.97. The van der Waals surface area contributed by atoms with Crippen molar-refractivity contribution in [3.63, 3.8) is 0 Å². The Kier molecular flexibility index (Phi) is 2.58. The van der Waals surface area contributed by atoms with Crippen LogP contribution >= 0.6 is 0 Å². The number of likely N-dealkylation sites (tertiary alicyclic amines) is 2. The fraction of sp³-hybridized carbons (Fsp3) is 0.833. The molecule has 1 saturated carbocycles. The van der Waals surface area contributed by atoms with Crippen molar-refractivity contribution in [2.45, 2.75) is 25.3 Å². The second-order valence-corrected chi connectivity index (χ2v) is 5.47. The Balaban J connectivity index is 1.55. The summed E-state index contributed by atoms with van der Waals surface area (Å²) in [6.45, 7) is 2.08. The fourth-order valence-corrected chi connectivity index (χ4v) is 2.76. The summed E-state index contributed by atoms with van der Waals surface area (Å²) in [5.74, 6) is 0.356. The molecule has 2 amide bonds. The van der Waals surface area contributed by atoms with Gasteiger partial charge in [-0.25, -0.2) is 0 Å². The van der Waals surface area contributed by atoms with Gasteiger partial charge in [-0.3, -0.25) is 9.59 Å². The maximum Gasteiger partial charge on any atom is 0.228 e. The van der Waals surface area contributed by atoms with Gasteiger partial charge in [-0.2, -0.15) is 0 Å². The summed E-state index contributed by atoms with van der Waals surface area (Å²) in [4.78, 5) is 27.5. The second kappa shape index (κ2) is 3.98. The monoisotopic (exact) mass is 238 g/mol. The first-order valence-electron chi connectivity index (χ1n) is 6.38. The molecule has 3 fully saturated rings. The third-order valence-electron chi connectivity index (χ3n) is 4.02. The summed E-state index contributed by atoms with van der Waals surface area (Å²) >= 11 is 0. The molecule has 2 aliphatic heterocycles. The molecule has 1 N–H and O–H groups in total. The molecule has 2 saturated heterocycles. The van der Waals surface area contributed by atoms with Gasteiger partial charge in [0.25, 0.3) is 0 Å². The Bertz CT molecular complexity index is 348. The van der Waals surface area contributed by atoms with Crippen molar-refractivity contribution in [1.82, 2.24) is 9.80 Å². The first kappa shape index (κ1) is 11.0. The minimum atomic E-state index is -0.136. The van der Waals surface area contributed by atoms with Crippen LogP contribution in [0.3, 0.4) is 0 Å². The highest BCUT2D eigenvalue weighted by Gasteiger charge is 2.44. The number of nitrogens with zero attached hydrogens (tertiary/aromatic N) is 2. The molecule has 0 aromatic rings. The van der Waals surface area contributed by atoms with E-state index in [0.29, 0.717) is 32.1 Å². The van der Waals surface area contributed by atoms with E-state index in [0.717, 1.165) is 12.8 Å². The molecule has 2 heterocycles. The third-order valence-corrected chi connectivity index (χ3v) is 4.02. The maximum absolute atomic E-state index is 12.1. The lowest BCUT2D eigenvalue weighted by Gasteiger charge is -2.39. The van der Waals surface area contributed by atoms with Crippen molar-refractivity contribution < 1.29 is 14.7 Å². The molecule has 0 bridgehead atoms. The molecule has 17 heavy (non-hydrogen) atoms. The molecule has 5 nitrogen and oxygen atoms in total. The van der Waals surface area contributed by atoms with Crippen LogP contribution < -0.4 is 0 Å². The van der Waals surface area contributed by atoms with Gasteiger partial charge in [0.1, 0.15) is 0 Å². The molecule has 3 aliphatic rings. The van der Waals surface area contributed by atoms with E-state index >= 15 is 0 Å². The summed E-state index contributed by atoms with van der Waals surface area (Å²) in [5, 5.41) is 8.92. The molecular weight excluding hydrogens is 220 g/mol. The molecule has 94 valence electrons. The van der Waals surface area contributed by atoms with Gasteiger partial charge in [-0.1, -0.05) is 0 Å². The minimum Gasteiger partial charge on any atom is -0.396 e. The number of aliphatic hydroxyl groups is 1. The summed E-state index contributed by atoms with van der Waals surface area (Å²) in [6, 6.07) is 0.418. The van der Waals surface area contributed by atoms with Gasteiger partial charge in [0.2, 0.25) is 11.8 Å². The van der Waals surface area contributed by atoms with Gasteiger partial charge in [0.15, 0.2) is 0 Å². The Morgan fingerprint density at radius 2 is 2.00 bits per heavy atom. The van der Waals surface area contributed by atoms with Gasteiger partial charge in [0.05, 0.1) is 5.92 Å². The van der Waals surface area contributed by atoms with E-state index in [2.05, 4.69) is 0 Å². The molecule has 1 unspecified atom stereocenters. The summed E-state index contributed by atoms with van der Waals surface area (Å²) < 4.78 is 0. The van der Waals surface area contributed by atoms with Crippen LogP contribution in [-0.2, 0) is 9.59 Å². The minimum absolute atomic E-state index is 0.103. The average Bonchev–Trinajstić information content (AvgIpc) is 3.00. The van der Waals surface area contributed by atoms with Crippen molar-refractivity contribution in [2.75, 3.05) is 26.2 Å². The normalized spacial score (nSPS) is 29.7. The van der Waals surface area contributed by atoms with E-state index in [1.807, 2.05) is 4.90 Å². The number of hydrogen-bond acceptors (Lipinski definition) is 3. The number of hydrogen-bond donors (Lipinski definition) is 1. The zero-order chi connectivity index (χ0) is 12.0. The highest BCUT2D eigenvalue weighted by atomic mass is 16.3. The van der Waals surface area contributed by atoms with E-state index < -0.39 is 0 Å². The quantitative estimate of drug-likeness (QED) is 0.717. The average molecular weight is 238 g/mol. The van der Waals surface area contributed by atoms with Crippen LogP contribution in [0.2, 0.25) is 0 Å². The van der Waals surface area contributed by atoms with Crippen LogP contribution in [0.4, 0.5) is 0 Å². The van der Waals surface area contributed by atoms with Crippen molar-refractivity contribution in [3.8, 4) is 0 Å². The lowest BCUT2D eigenvalue weighted by Crippen LogP contribution is -2.53. The van der Waals surface area contributed by atoms with E-state index in [4.69, 9.17) is 5.11 Å². The van der Waals surface area contributed by atoms with E-state index in [-0.39, 0.29) is 30.3 Å². The smallest absolute Gasteiger partial charge is 0.228 e. The molecule has 1 atom stereocenters. The Morgan fingerprint density at radius 1 is 1.29 bits per heavy atom. The van der Waals surface area contributed by atoms with Crippen LogP contribution in [0.15, 0.2) is 0 Å². The van der Waals surface area contributed by atoms with Gasteiger partial charge in [-0.15, -0.1) is 0 Å². The van der Waals surface area contributed by atoms with Crippen molar-refractivity contribution >= 4 is 11.8 Å². The molecule has 0 aromatic carbocycles. The first-order chi connectivity index (χ1) is 8.19. The number of carbonyl (C=O) groups excluding carboxylic acids is 2. The highest BCUT2D eigenvalue weighted by molar-refractivity contribution is 5.89. The zero-order valence-corrected chi connectivity index (χ0v) is 9.84. The number of amides is 2. The number of carbonyl (C=O) groups is 2. The van der Waals surface area contributed by atoms with Crippen molar-refractivity contribution in [3.05, 3.63) is 0 Å². The molecule has 1 aliphatic carbocycles. The summed E-state index contributed by atoms with van der Waals surface area (Å²) in [5.41, 5.74) is 0. The molecule has 0 radical (unpaired) electrons. The third kappa shape index (κ3) is 1.92. The molecule has 0 spiro atoms. The van der Waals surface area contributed by atoms with Crippen LogP contribution in [-0.4, -0.2) is 59.0 Å². The Hall–Kier alpha value is -1.10. The first-order valence-corrected chi connectivity index (χ1v) is 6.38. The van der Waals surface area contributed by atoms with Crippen molar-refractivity contribution in [2.24, 2.45) is 11.8 Å². The summed E-state index contributed by atoms with van der Waals surface area (Å²) in [6.07, 6.45) is 2.58. The predicted octanol–water partition coefficient (Wildman–Crippen LogP) is -0.552. The Labute approximate surface area is 100 Å². The van der Waals surface area contributed by atoms with E-state index in [1.165, 1.54) is 0 Å². The predicted molar refractivity (Wildman–Crippen MR) is 60.0 cm³/mol. The lowest BCUT2D eigenvalue weighted by molar-refractivity contribution is -0.142. The zero-order valence-electron chi connectivity index (χ0n) is 9.84. The van der Waals surface area contributed by atoms with Crippen LogP contribution in [0.25, 0.3) is 0 Å². The highest BCUT2D eigenvalue weighted by Crippen LogP contribution is 2.33. The van der Waals surface area contributed by atoms with Gasteiger partial charge in [0, 0.05) is 44.6 Å². The molecular formula is C12H18N2O3. The maximum atomic E-state index is 12.1. The number of aliphatic hydroxyl groups excluding tert-OH is 1. The second-order valence-electron chi connectivity index (χ2n) is 5.47. The van der Waals surface area contributed by atoms with Gasteiger partial charge < -0.3 is 14.9 Å². The van der Waals surface area contributed by atoms with Gasteiger partial charge in [-0.05, 0) is 12.8 Å². The van der Waals surface area contributed by atoms with Gasteiger partial charge >= 0.3 is 0 Å². The van der Waals surface area contributed by atoms with E-state index in [1.54, 1.807) is 4.90 Å². The van der Waals surface area contributed by atoms with Crippen LogP contribution in [0.5, 0.6) is 0 Å². The van der Waals surface area contributed by atoms with Crippen LogP contribution in [0, 0.1) is 11.8 Å². The number of rotatable bonds is 3. The summed E-state index contributed by atoms with van der Waals surface area (Å²) in [7, 11) is 0. The topological polar surface area (TPSA) is 60.9 Å². The molecule has 3 rings (SSSR count). The largest absolute Gasteiger partial charge is 0.396 e. The standard InChI is InChI=1S/C12H18N2O3/c15-7-8-4-13(5-8)12(17)9-3-11(16)14(6-9)10-1-2-10/h8-10,15H,1-7H2.